The first-order chi connectivity index (χ1) is 10.2. The Bertz CT molecular complexity index is 793. The Labute approximate surface area is 129 Å². The summed E-state index contributed by atoms with van der Waals surface area (Å²) >= 11 is 0. The average molecular weight is 323 g/mol. The Morgan fingerprint density at radius 3 is 2.55 bits per heavy atom. The van der Waals surface area contributed by atoms with Crippen LogP contribution in [0.25, 0.3) is 0 Å². The Morgan fingerprint density at radius 2 is 2.05 bits per heavy atom. The van der Waals surface area contributed by atoms with Crippen molar-refractivity contribution in [3.05, 3.63) is 18.2 Å². The van der Waals surface area contributed by atoms with Crippen molar-refractivity contribution in [1.29, 1.82) is 0 Å². The van der Waals surface area contributed by atoms with E-state index in [0.29, 0.717) is 22.9 Å². The highest BCUT2D eigenvalue weighted by Gasteiger charge is 2.19. The van der Waals surface area contributed by atoms with Crippen LogP contribution in [0.4, 0.5) is 17.1 Å². The lowest BCUT2D eigenvalue weighted by Gasteiger charge is -2.15. The number of nitrogens with zero attached hydrogens (tertiary/aromatic N) is 4. The summed E-state index contributed by atoms with van der Waals surface area (Å²) in [4.78, 5) is 6.26. The summed E-state index contributed by atoms with van der Waals surface area (Å²) in [6.45, 7) is 0. The molecule has 3 N–H and O–H groups in total. The Hall–Kier alpha value is -2.42. The number of aliphatic imine (C=N–C) groups is 1. The van der Waals surface area contributed by atoms with Gasteiger partial charge in [0.05, 0.1) is 17.6 Å². The number of hydrazone groups is 1. The van der Waals surface area contributed by atoms with Crippen molar-refractivity contribution in [2.45, 2.75) is 0 Å². The monoisotopic (exact) mass is 323 g/mol. The molecule has 0 saturated carbocycles. The fraction of sp³-hybridized carbons (Fsp3) is 0.308. The highest BCUT2D eigenvalue weighted by Crippen LogP contribution is 2.30. The molecular weight excluding hydrogens is 304 g/mol. The standard InChI is InChI=1S/C13H18N6O2S/c1-18(2)9-5-6-10(11(7-9)17-22(4,20)21)16-12-8-15-19(3)13(12)14/h5-8H,1-4H3,(H2,14,15,17)/p+1. The third-order valence-corrected chi connectivity index (χ3v) is 3.59. The third kappa shape index (κ3) is 3.61. The summed E-state index contributed by atoms with van der Waals surface area (Å²) in [5, 5.41) is 4.01. The molecule has 0 fully saturated rings. The fourth-order valence-electron chi connectivity index (χ4n) is 1.83. The van der Waals surface area contributed by atoms with Crippen LogP contribution in [0.15, 0.2) is 28.3 Å². The van der Waals surface area contributed by atoms with E-state index in [2.05, 4.69) is 14.8 Å². The van der Waals surface area contributed by atoms with Gasteiger partial charge in [0.25, 0.3) is 0 Å². The topological polar surface area (TPSA) is 103 Å². The molecule has 118 valence electrons. The Morgan fingerprint density at radius 1 is 1.36 bits per heavy atom. The molecule has 8 nitrogen and oxygen atoms in total. The molecule has 2 rings (SSSR count). The van der Waals surface area contributed by atoms with Gasteiger partial charge in [0.1, 0.15) is 13.3 Å². The summed E-state index contributed by atoms with van der Waals surface area (Å²) in [6.07, 6.45) is 2.62. The van der Waals surface area contributed by atoms with Crippen LogP contribution < -0.4 is 15.4 Å². The number of anilines is 2. The summed E-state index contributed by atoms with van der Waals surface area (Å²) < 4.78 is 27.1. The van der Waals surface area contributed by atoms with Crippen LogP contribution >= 0.6 is 0 Å². The molecule has 1 aliphatic rings. The van der Waals surface area contributed by atoms with E-state index in [9.17, 15) is 8.42 Å². The lowest BCUT2D eigenvalue weighted by atomic mass is 10.2. The van der Waals surface area contributed by atoms with Gasteiger partial charge in [0.2, 0.25) is 10.0 Å². The van der Waals surface area contributed by atoms with Gasteiger partial charge in [-0.05, 0) is 18.2 Å². The van der Waals surface area contributed by atoms with Crippen LogP contribution in [-0.2, 0) is 10.0 Å². The normalized spacial score (nSPS) is 16.5. The molecule has 0 saturated heterocycles. The molecule has 0 bridgehead atoms. The lowest BCUT2D eigenvalue weighted by Crippen LogP contribution is -2.27. The zero-order valence-corrected chi connectivity index (χ0v) is 13.7. The minimum Gasteiger partial charge on any atom is -0.378 e. The number of hydrogen-bond donors (Lipinski definition) is 2. The number of benzene rings is 1. The zero-order chi connectivity index (χ0) is 16.5. The van der Waals surface area contributed by atoms with E-state index in [1.165, 1.54) is 10.9 Å². The predicted molar refractivity (Wildman–Crippen MR) is 90.2 cm³/mol. The molecule has 0 unspecified atom stereocenters. The first-order valence-electron chi connectivity index (χ1n) is 6.46. The molecule has 1 aromatic carbocycles. The minimum atomic E-state index is -3.42. The maximum absolute atomic E-state index is 11.5. The number of nitrogens with one attached hydrogen (secondary N) is 1. The number of nitrogens with two attached hydrogens (primary N) is 1. The first-order valence-corrected chi connectivity index (χ1v) is 8.35. The predicted octanol–water partition coefficient (Wildman–Crippen LogP) is 0.196. The second-order valence-electron chi connectivity index (χ2n) is 5.12. The summed E-state index contributed by atoms with van der Waals surface area (Å²) in [5.74, 6) is 0.405. The summed E-state index contributed by atoms with van der Waals surface area (Å²) in [7, 11) is 2.03. The van der Waals surface area contributed by atoms with Crippen molar-refractivity contribution < 1.29 is 13.1 Å². The van der Waals surface area contributed by atoms with Crippen LogP contribution in [-0.4, -0.2) is 58.3 Å². The Balaban J connectivity index is 2.52. The van der Waals surface area contributed by atoms with E-state index in [1.807, 2.05) is 25.1 Å². The molecule has 0 spiro atoms. The molecule has 1 aliphatic heterocycles. The van der Waals surface area contributed by atoms with Crippen molar-refractivity contribution in [3.8, 4) is 0 Å². The van der Waals surface area contributed by atoms with E-state index in [4.69, 9.17) is 5.73 Å². The van der Waals surface area contributed by atoms with E-state index in [1.54, 1.807) is 19.2 Å². The van der Waals surface area contributed by atoms with Crippen molar-refractivity contribution >= 4 is 44.8 Å². The quantitative estimate of drug-likeness (QED) is 0.772. The van der Waals surface area contributed by atoms with Crippen molar-refractivity contribution in [3.63, 3.8) is 0 Å². The second kappa shape index (κ2) is 5.76. The fourth-order valence-corrected chi connectivity index (χ4v) is 2.40. The number of hydrogen-bond acceptors (Lipinski definition) is 6. The molecule has 1 heterocycles. The van der Waals surface area contributed by atoms with Crippen LogP contribution in [0.2, 0.25) is 0 Å². The van der Waals surface area contributed by atoms with Gasteiger partial charge in [-0.3, -0.25) is 10.5 Å². The smallest absolute Gasteiger partial charge is 0.320 e. The van der Waals surface area contributed by atoms with E-state index < -0.39 is 10.0 Å². The maximum atomic E-state index is 11.5. The summed E-state index contributed by atoms with van der Waals surface area (Å²) in [6, 6.07) is 5.29. The maximum Gasteiger partial charge on any atom is 0.320 e. The third-order valence-electron chi connectivity index (χ3n) is 3.00. The van der Waals surface area contributed by atoms with Gasteiger partial charge in [-0.25, -0.2) is 13.4 Å². The van der Waals surface area contributed by atoms with Gasteiger partial charge in [-0.1, -0.05) is 5.10 Å². The van der Waals surface area contributed by atoms with Gasteiger partial charge in [-0.15, -0.1) is 4.68 Å². The van der Waals surface area contributed by atoms with Gasteiger partial charge in [0.15, 0.2) is 5.71 Å². The van der Waals surface area contributed by atoms with Crippen molar-refractivity contribution in [2.75, 3.05) is 37.0 Å². The molecule has 0 amide bonds. The molecular formula is C13H19N6O2S+. The molecule has 22 heavy (non-hydrogen) atoms. The summed E-state index contributed by atoms with van der Waals surface area (Å²) in [5.41, 5.74) is 8.05. The molecule has 0 aliphatic carbocycles. The molecule has 1 aromatic rings. The van der Waals surface area contributed by atoms with Crippen LogP contribution in [0.5, 0.6) is 0 Å². The van der Waals surface area contributed by atoms with E-state index >= 15 is 0 Å². The van der Waals surface area contributed by atoms with Crippen LogP contribution in [0.1, 0.15) is 0 Å². The first kappa shape index (κ1) is 16.0. The largest absolute Gasteiger partial charge is 0.378 e. The lowest BCUT2D eigenvalue weighted by molar-refractivity contribution is -0.498. The molecule has 0 aromatic heterocycles. The zero-order valence-electron chi connectivity index (χ0n) is 12.9. The van der Waals surface area contributed by atoms with Gasteiger partial charge in [-0.2, -0.15) is 0 Å². The Kier molecular flexibility index (Phi) is 4.18. The van der Waals surface area contributed by atoms with Crippen molar-refractivity contribution in [2.24, 2.45) is 15.8 Å². The van der Waals surface area contributed by atoms with Crippen LogP contribution in [0, 0.1) is 0 Å². The number of rotatable bonds is 4. The van der Waals surface area contributed by atoms with Crippen molar-refractivity contribution in [1.82, 2.24) is 0 Å². The molecule has 9 heteroatoms. The van der Waals surface area contributed by atoms with Gasteiger partial charge < -0.3 is 4.90 Å². The minimum absolute atomic E-state index is 0.386. The van der Waals surface area contributed by atoms with E-state index in [0.717, 1.165) is 11.9 Å². The molecule has 0 atom stereocenters. The molecule has 0 radical (unpaired) electrons. The van der Waals surface area contributed by atoms with Gasteiger partial charge >= 0.3 is 5.84 Å². The highest BCUT2D eigenvalue weighted by atomic mass is 32.2. The van der Waals surface area contributed by atoms with E-state index in [-0.39, 0.29) is 0 Å². The second-order valence-corrected chi connectivity index (χ2v) is 6.87. The number of amidine groups is 1. The SMILES string of the molecule is CN(C)c1ccc(N=C2C=N[N+](C)=C2N)c(NS(C)(=O)=O)c1. The van der Waals surface area contributed by atoms with Crippen LogP contribution in [0.3, 0.4) is 0 Å². The van der Waals surface area contributed by atoms with Gasteiger partial charge in [0, 0.05) is 19.8 Å². The number of sulfonamides is 1. The highest BCUT2D eigenvalue weighted by molar-refractivity contribution is 7.92. The average Bonchev–Trinajstić information content (AvgIpc) is 2.70.